The van der Waals surface area contributed by atoms with Crippen molar-refractivity contribution < 1.29 is 0 Å². The van der Waals surface area contributed by atoms with Crippen molar-refractivity contribution in [3.8, 4) is 0 Å². The summed E-state index contributed by atoms with van der Waals surface area (Å²) in [5.41, 5.74) is 2.24. The van der Waals surface area contributed by atoms with Crippen molar-refractivity contribution in [2.75, 3.05) is 7.05 Å². The highest BCUT2D eigenvalue weighted by atomic mass is 35.5. The average Bonchev–Trinajstić information content (AvgIpc) is 2.29. The van der Waals surface area contributed by atoms with Crippen molar-refractivity contribution in [3.63, 3.8) is 0 Å². The Kier molecular flexibility index (Phi) is 5.33. The second-order valence-corrected chi connectivity index (χ2v) is 4.58. The van der Waals surface area contributed by atoms with Crippen LogP contribution in [-0.2, 0) is 0 Å². The van der Waals surface area contributed by atoms with Gasteiger partial charge in [0.2, 0.25) is 0 Å². The number of hydrogen-bond acceptors (Lipinski definition) is 1. The Morgan fingerprint density at radius 2 is 2.12 bits per heavy atom. The third-order valence-corrected chi connectivity index (χ3v) is 3.53. The van der Waals surface area contributed by atoms with Gasteiger partial charge in [0, 0.05) is 6.04 Å². The van der Waals surface area contributed by atoms with Crippen molar-refractivity contribution in [2.45, 2.75) is 25.8 Å². The number of nitrogens with one attached hydrogen (secondary N) is 1. The monoisotopic (exact) mass is 257 g/mol. The Balaban J connectivity index is 2.95. The minimum absolute atomic E-state index is 0.179. The molecule has 0 aliphatic heterocycles. The zero-order valence-electron chi connectivity index (χ0n) is 9.69. The van der Waals surface area contributed by atoms with E-state index < -0.39 is 0 Å². The van der Waals surface area contributed by atoms with Crippen molar-refractivity contribution in [2.24, 2.45) is 0 Å². The molecule has 1 aromatic rings. The first kappa shape index (κ1) is 13.6. The summed E-state index contributed by atoms with van der Waals surface area (Å²) in [6.45, 7) is 6.13. The second kappa shape index (κ2) is 6.29. The lowest BCUT2D eigenvalue weighted by atomic mass is 9.98. The molecule has 1 atom stereocenters. The van der Waals surface area contributed by atoms with Gasteiger partial charge >= 0.3 is 0 Å². The SMILES string of the molecule is C=C(CC)CC(NC)c1cccc(Cl)c1Cl. The van der Waals surface area contributed by atoms with Gasteiger partial charge in [0.1, 0.15) is 0 Å². The van der Waals surface area contributed by atoms with E-state index in [1.807, 2.05) is 19.2 Å². The standard InChI is InChI=1S/C13H17Cl2N/c1-4-9(2)8-12(16-3)10-6-5-7-11(14)13(10)15/h5-7,12,16H,2,4,8H2,1,3H3. The summed E-state index contributed by atoms with van der Waals surface area (Å²) in [5.74, 6) is 0. The van der Waals surface area contributed by atoms with Crippen LogP contribution in [0, 0.1) is 0 Å². The van der Waals surface area contributed by atoms with Gasteiger partial charge in [0.05, 0.1) is 10.0 Å². The van der Waals surface area contributed by atoms with Crippen LogP contribution in [0.25, 0.3) is 0 Å². The molecule has 0 bridgehead atoms. The van der Waals surface area contributed by atoms with Gasteiger partial charge in [-0.3, -0.25) is 0 Å². The van der Waals surface area contributed by atoms with E-state index in [1.54, 1.807) is 6.07 Å². The van der Waals surface area contributed by atoms with Gasteiger partial charge in [0.25, 0.3) is 0 Å². The molecule has 3 heteroatoms. The smallest absolute Gasteiger partial charge is 0.0640 e. The summed E-state index contributed by atoms with van der Waals surface area (Å²) in [4.78, 5) is 0. The average molecular weight is 258 g/mol. The number of hydrogen-bond donors (Lipinski definition) is 1. The molecule has 0 heterocycles. The third-order valence-electron chi connectivity index (χ3n) is 2.70. The quantitative estimate of drug-likeness (QED) is 0.760. The van der Waals surface area contributed by atoms with Crippen LogP contribution < -0.4 is 5.32 Å². The fourth-order valence-electron chi connectivity index (χ4n) is 1.59. The summed E-state index contributed by atoms with van der Waals surface area (Å²) in [6.07, 6.45) is 1.86. The molecule has 1 nitrogen and oxygen atoms in total. The van der Waals surface area contributed by atoms with E-state index in [1.165, 1.54) is 5.57 Å². The highest BCUT2D eigenvalue weighted by Crippen LogP contribution is 2.32. The van der Waals surface area contributed by atoms with Crippen LogP contribution in [0.4, 0.5) is 0 Å². The topological polar surface area (TPSA) is 12.0 Å². The molecular weight excluding hydrogens is 241 g/mol. The minimum atomic E-state index is 0.179. The first-order valence-corrected chi connectivity index (χ1v) is 6.13. The van der Waals surface area contributed by atoms with Crippen LogP contribution in [-0.4, -0.2) is 7.05 Å². The molecule has 0 radical (unpaired) electrons. The van der Waals surface area contributed by atoms with Crippen LogP contribution in [0.3, 0.4) is 0 Å². The van der Waals surface area contributed by atoms with E-state index >= 15 is 0 Å². The van der Waals surface area contributed by atoms with E-state index in [4.69, 9.17) is 23.2 Å². The lowest BCUT2D eigenvalue weighted by molar-refractivity contribution is 0.583. The maximum Gasteiger partial charge on any atom is 0.0640 e. The minimum Gasteiger partial charge on any atom is -0.313 e. The fraction of sp³-hybridized carbons (Fsp3) is 0.385. The van der Waals surface area contributed by atoms with Gasteiger partial charge in [-0.25, -0.2) is 0 Å². The molecule has 88 valence electrons. The van der Waals surface area contributed by atoms with E-state index in [0.717, 1.165) is 18.4 Å². The van der Waals surface area contributed by atoms with Crippen LogP contribution in [0.1, 0.15) is 31.4 Å². The molecule has 1 unspecified atom stereocenters. The Morgan fingerprint density at radius 1 is 1.44 bits per heavy atom. The molecule has 1 rings (SSSR count). The van der Waals surface area contributed by atoms with Crippen LogP contribution in [0.5, 0.6) is 0 Å². The third kappa shape index (κ3) is 3.24. The molecule has 0 aromatic heterocycles. The largest absolute Gasteiger partial charge is 0.313 e. The summed E-state index contributed by atoms with van der Waals surface area (Å²) >= 11 is 12.2. The molecule has 0 aliphatic carbocycles. The highest BCUT2D eigenvalue weighted by Gasteiger charge is 2.14. The molecule has 0 saturated heterocycles. The molecule has 0 spiro atoms. The van der Waals surface area contributed by atoms with Crippen molar-refractivity contribution in [1.29, 1.82) is 0 Å². The zero-order valence-corrected chi connectivity index (χ0v) is 11.2. The van der Waals surface area contributed by atoms with Gasteiger partial charge in [-0.15, -0.1) is 0 Å². The summed E-state index contributed by atoms with van der Waals surface area (Å²) in [5, 5.41) is 4.48. The lowest BCUT2D eigenvalue weighted by Crippen LogP contribution is -2.17. The maximum absolute atomic E-state index is 6.19. The first-order valence-electron chi connectivity index (χ1n) is 5.38. The molecule has 0 fully saturated rings. The molecule has 0 saturated carbocycles. The van der Waals surface area contributed by atoms with Crippen LogP contribution >= 0.6 is 23.2 Å². The van der Waals surface area contributed by atoms with Crippen molar-refractivity contribution in [3.05, 3.63) is 46.0 Å². The van der Waals surface area contributed by atoms with Gasteiger partial charge in [-0.05, 0) is 31.5 Å². The normalized spacial score (nSPS) is 12.5. The lowest BCUT2D eigenvalue weighted by Gasteiger charge is -2.19. The summed E-state index contributed by atoms with van der Waals surface area (Å²) < 4.78 is 0. The Bertz CT molecular complexity index is 374. The van der Waals surface area contributed by atoms with E-state index in [0.29, 0.717) is 10.0 Å². The molecular formula is C13H17Cl2N. The van der Waals surface area contributed by atoms with E-state index in [2.05, 4.69) is 18.8 Å². The second-order valence-electron chi connectivity index (χ2n) is 3.79. The van der Waals surface area contributed by atoms with Crippen molar-refractivity contribution >= 4 is 23.2 Å². The van der Waals surface area contributed by atoms with Gasteiger partial charge in [0.15, 0.2) is 0 Å². The first-order chi connectivity index (χ1) is 7.60. The Morgan fingerprint density at radius 3 is 2.69 bits per heavy atom. The number of halogens is 2. The fourth-order valence-corrected chi connectivity index (χ4v) is 2.03. The van der Waals surface area contributed by atoms with Gasteiger partial charge in [-0.1, -0.05) is 54.4 Å². The van der Waals surface area contributed by atoms with E-state index in [9.17, 15) is 0 Å². The summed E-state index contributed by atoms with van der Waals surface area (Å²) in [6, 6.07) is 5.90. The molecule has 0 aliphatic rings. The van der Waals surface area contributed by atoms with Crippen LogP contribution in [0.15, 0.2) is 30.4 Å². The molecule has 1 N–H and O–H groups in total. The Labute approximate surface area is 107 Å². The predicted molar refractivity (Wildman–Crippen MR) is 72.3 cm³/mol. The predicted octanol–water partition coefficient (Wildman–Crippen LogP) is 4.61. The molecule has 16 heavy (non-hydrogen) atoms. The number of benzene rings is 1. The van der Waals surface area contributed by atoms with Crippen molar-refractivity contribution in [1.82, 2.24) is 5.32 Å². The number of rotatable bonds is 5. The molecule has 0 amide bonds. The van der Waals surface area contributed by atoms with Crippen LogP contribution in [0.2, 0.25) is 10.0 Å². The molecule has 1 aromatic carbocycles. The summed E-state index contributed by atoms with van der Waals surface area (Å²) in [7, 11) is 1.92. The van der Waals surface area contributed by atoms with Gasteiger partial charge < -0.3 is 5.32 Å². The zero-order chi connectivity index (χ0) is 12.1. The van der Waals surface area contributed by atoms with Gasteiger partial charge in [-0.2, -0.15) is 0 Å². The maximum atomic E-state index is 6.19. The van der Waals surface area contributed by atoms with E-state index in [-0.39, 0.29) is 6.04 Å². The Hall–Kier alpha value is -0.500. The highest BCUT2D eigenvalue weighted by molar-refractivity contribution is 6.42.